The molecule has 0 N–H and O–H groups in total. The molecule has 0 amide bonds. The summed E-state index contributed by atoms with van der Waals surface area (Å²) in [6.45, 7) is 2.02. The van der Waals surface area contributed by atoms with Crippen molar-refractivity contribution in [3.05, 3.63) is 21.9 Å². The van der Waals surface area contributed by atoms with Crippen LogP contribution in [0.5, 0.6) is 0 Å². The fraction of sp³-hybridized carbons (Fsp3) is 0.286. The normalized spacial score (nSPS) is 13.0. The molecule has 1 nitrogen and oxygen atoms in total. The van der Waals surface area contributed by atoms with E-state index < -0.39 is 0 Å². The monoisotopic (exact) mass is 218 g/mol. The van der Waals surface area contributed by atoms with Gasteiger partial charge in [0.25, 0.3) is 0 Å². The van der Waals surface area contributed by atoms with Gasteiger partial charge in [-0.05, 0) is 23.9 Å². The highest BCUT2D eigenvalue weighted by Crippen LogP contribution is 2.26. The fourth-order valence-corrected chi connectivity index (χ4v) is 1.95. The van der Waals surface area contributed by atoms with Crippen molar-refractivity contribution < 1.29 is 4.79 Å². The Labute approximate surface area is 72.2 Å². The first-order valence-electron chi connectivity index (χ1n) is 2.88. The second kappa shape index (κ2) is 3.30. The Hall–Kier alpha value is -0.150. The minimum Gasteiger partial charge on any atom is -0.302 e. The second-order valence-electron chi connectivity index (χ2n) is 2.06. The van der Waals surface area contributed by atoms with Crippen molar-refractivity contribution in [1.82, 2.24) is 0 Å². The molecule has 0 aliphatic heterocycles. The number of thiophene rings is 1. The van der Waals surface area contributed by atoms with Gasteiger partial charge in [-0.1, -0.05) is 15.9 Å². The number of rotatable bonds is 2. The third kappa shape index (κ3) is 1.67. The second-order valence-corrected chi connectivity index (χ2v) is 3.99. The van der Waals surface area contributed by atoms with Crippen molar-refractivity contribution in [2.24, 2.45) is 0 Å². The highest BCUT2D eigenvalue weighted by Gasteiger charge is 2.06. The molecule has 1 rings (SSSR count). The van der Waals surface area contributed by atoms with Gasteiger partial charge in [0, 0.05) is 4.88 Å². The van der Waals surface area contributed by atoms with Crippen LogP contribution in [0.15, 0.2) is 11.4 Å². The highest BCUT2D eigenvalue weighted by atomic mass is 79.9. The van der Waals surface area contributed by atoms with Crippen LogP contribution in [0.2, 0.25) is 0 Å². The molecule has 1 aromatic rings. The first-order chi connectivity index (χ1) is 4.74. The smallest absolute Gasteiger partial charge is 0.138 e. The number of alkyl halides is 1. The molecule has 0 aromatic carbocycles. The van der Waals surface area contributed by atoms with E-state index in [1.165, 1.54) is 5.56 Å². The number of carbonyl (C=O) groups is 1. The average Bonchev–Trinajstić information content (AvgIpc) is 2.34. The van der Waals surface area contributed by atoms with Crippen molar-refractivity contribution >= 4 is 33.6 Å². The minimum absolute atomic E-state index is 0.119. The summed E-state index contributed by atoms with van der Waals surface area (Å²) >= 11 is 4.84. The summed E-state index contributed by atoms with van der Waals surface area (Å²) < 4.78 is 0. The number of halogens is 1. The molecule has 10 heavy (non-hydrogen) atoms. The third-order valence-electron chi connectivity index (χ3n) is 1.14. The van der Waals surface area contributed by atoms with E-state index in [4.69, 9.17) is 0 Å². The van der Waals surface area contributed by atoms with Crippen LogP contribution in [0.4, 0.5) is 0 Å². The molecule has 1 aromatic heterocycles. The van der Waals surface area contributed by atoms with Gasteiger partial charge in [0.15, 0.2) is 0 Å². The van der Waals surface area contributed by atoms with Crippen LogP contribution in [-0.2, 0) is 4.79 Å². The maximum atomic E-state index is 10.3. The van der Waals surface area contributed by atoms with Gasteiger partial charge in [0.1, 0.15) is 11.1 Å². The summed E-state index contributed by atoms with van der Waals surface area (Å²) in [5.41, 5.74) is 1.21. The molecule has 1 heterocycles. The van der Waals surface area contributed by atoms with Gasteiger partial charge in [-0.15, -0.1) is 11.3 Å². The first kappa shape index (κ1) is 7.95. The lowest BCUT2D eigenvalue weighted by molar-refractivity contribution is -0.107. The highest BCUT2D eigenvalue weighted by molar-refractivity contribution is 9.09. The van der Waals surface area contributed by atoms with Crippen molar-refractivity contribution in [1.29, 1.82) is 0 Å². The Balaban J connectivity index is 2.84. The van der Waals surface area contributed by atoms with Gasteiger partial charge in [-0.2, -0.15) is 0 Å². The Morgan fingerprint density at radius 1 is 1.80 bits per heavy atom. The van der Waals surface area contributed by atoms with Crippen LogP contribution in [-0.4, -0.2) is 6.29 Å². The van der Waals surface area contributed by atoms with Crippen molar-refractivity contribution in [2.75, 3.05) is 0 Å². The standard InChI is InChI=1S/C7H7BrOS/c1-5-2-7(10-4-5)6(8)3-9/h2-4,6H,1H3. The van der Waals surface area contributed by atoms with E-state index in [-0.39, 0.29) is 4.83 Å². The number of carbonyl (C=O) groups excluding carboxylic acids is 1. The van der Waals surface area contributed by atoms with Crippen LogP contribution >= 0.6 is 27.3 Å². The summed E-state index contributed by atoms with van der Waals surface area (Å²) in [6.07, 6.45) is 0.894. The number of aldehydes is 1. The molecule has 0 spiro atoms. The fourth-order valence-electron chi connectivity index (χ4n) is 0.665. The number of hydrogen-bond donors (Lipinski definition) is 0. The summed E-state index contributed by atoms with van der Waals surface area (Å²) in [5.74, 6) is 0. The van der Waals surface area contributed by atoms with E-state index in [0.717, 1.165) is 11.2 Å². The zero-order valence-corrected chi connectivity index (χ0v) is 7.91. The SMILES string of the molecule is Cc1csc(C(Br)C=O)c1. The quantitative estimate of drug-likeness (QED) is 0.552. The molecule has 1 atom stereocenters. The van der Waals surface area contributed by atoms with E-state index >= 15 is 0 Å². The van der Waals surface area contributed by atoms with Crippen molar-refractivity contribution in [3.8, 4) is 0 Å². The minimum atomic E-state index is -0.119. The summed E-state index contributed by atoms with van der Waals surface area (Å²) in [6, 6.07) is 2.01. The van der Waals surface area contributed by atoms with Crippen molar-refractivity contribution in [2.45, 2.75) is 11.8 Å². The van der Waals surface area contributed by atoms with E-state index in [1.807, 2.05) is 18.4 Å². The van der Waals surface area contributed by atoms with Crippen LogP contribution in [0.1, 0.15) is 15.3 Å². The lowest BCUT2D eigenvalue weighted by Gasteiger charge is -1.92. The first-order valence-corrected chi connectivity index (χ1v) is 4.68. The van der Waals surface area contributed by atoms with Gasteiger partial charge in [0.05, 0.1) is 0 Å². The van der Waals surface area contributed by atoms with Gasteiger partial charge in [-0.3, -0.25) is 0 Å². The molecule has 0 bridgehead atoms. The topological polar surface area (TPSA) is 17.1 Å². The molecule has 0 radical (unpaired) electrons. The summed E-state index contributed by atoms with van der Waals surface area (Å²) in [5, 5.41) is 2.03. The molecule has 3 heteroatoms. The van der Waals surface area contributed by atoms with Crippen LogP contribution in [0, 0.1) is 6.92 Å². The Morgan fingerprint density at radius 2 is 2.50 bits per heavy atom. The van der Waals surface area contributed by atoms with Crippen LogP contribution < -0.4 is 0 Å². The number of aryl methyl sites for hydroxylation is 1. The summed E-state index contributed by atoms with van der Waals surface area (Å²) in [4.78, 5) is 11.2. The van der Waals surface area contributed by atoms with Gasteiger partial charge < -0.3 is 4.79 Å². The Bertz CT molecular complexity index is 231. The van der Waals surface area contributed by atoms with Crippen LogP contribution in [0.3, 0.4) is 0 Å². The Morgan fingerprint density at radius 3 is 2.90 bits per heavy atom. The molecule has 0 fully saturated rings. The molecular formula is C7H7BrOS. The van der Waals surface area contributed by atoms with E-state index in [0.29, 0.717) is 0 Å². The zero-order chi connectivity index (χ0) is 7.56. The number of hydrogen-bond acceptors (Lipinski definition) is 2. The van der Waals surface area contributed by atoms with E-state index in [2.05, 4.69) is 15.9 Å². The average molecular weight is 219 g/mol. The maximum absolute atomic E-state index is 10.3. The molecule has 0 saturated heterocycles. The largest absolute Gasteiger partial charge is 0.302 e. The third-order valence-corrected chi connectivity index (χ3v) is 3.29. The van der Waals surface area contributed by atoms with Crippen LogP contribution in [0.25, 0.3) is 0 Å². The van der Waals surface area contributed by atoms with E-state index in [1.54, 1.807) is 11.3 Å². The molecule has 0 aliphatic carbocycles. The lowest BCUT2D eigenvalue weighted by Crippen LogP contribution is -1.84. The maximum Gasteiger partial charge on any atom is 0.138 e. The summed E-state index contributed by atoms with van der Waals surface area (Å²) in [7, 11) is 0. The molecule has 0 saturated carbocycles. The van der Waals surface area contributed by atoms with Gasteiger partial charge in [-0.25, -0.2) is 0 Å². The van der Waals surface area contributed by atoms with Gasteiger partial charge >= 0.3 is 0 Å². The molecule has 1 unspecified atom stereocenters. The van der Waals surface area contributed by atoms with Crippen molar-refractivity contribution in [3.63, 3.8) is 0 Å². The van der Waals surface area contributed by atoms with E-state index in [9.17, 15) is 4.79 Å². The van der Waals surface area contributed by atoms with Gasteiger partial charge in [0.2, 0.25) is 0 Å². The molecular weight excluding hydrogens is 212 g/mol. The molecule has 0 aliphatic rings. The lowest BCUT2D eigenvalue weighted by atomic mass is 10.3. The molecule has 54 valence electrons. The predicted molar refractivity (Wildman–Crippen MR) is 46.8 cm³/mol. The zero-order valence-electron chi connectivity index (χ0n) is 5.50. The Kier molecular flexibility index (Phi) is 2.63. The predicted octanol–water partition coefficient (Wildman–Crippen LogP) is 2.69.